The molecule has 2 aromatic carbocycles. The van der Waals surface area contributed by atoms with Gasteiger partial charge in [-0.2, -0.15) is 0 Å². The van der Waals surface area contributed by atoms with E-state index in [0.29, 0.717) is 22.2 Å². The Morgan fingerprint density at radius 1 is 0.821 bits per heavy atom. The lowest BCUT2D eigenvalue weighted by Crippen LogP contribution is -2.37. The van der Waals surface area contributed by atoms with Crippen LogP contribution in [0.3, 0.4) is 0 Å². The lowest BCUT2D eigenvalue weighted by molar-refractivity contribution is -0.126. The van der Waals surface area contributed by atoms with Gasteiger partial charge >= 0.3 is 0 Å². The Kier molecular flexibility index (Phi) is 3.96. The number of nitrogens with zero attached hydrogens (tertiary/aromatic N) is 2. The summed E-state index contributed by atoms with van der Waals surface area (Å²) < 4.78 is 5.60. The number of hydrogen-bond donors (Lipinski definition) is 0. The van der Waals surface area contributed by atoms with Crippen molar-refractivity contribution in [3.8, 4) is 0 Å². The van der Waals surface area contributed by atoms with Crippen molar-refractivity contribution < 1.29 is 18.8 Å². The summed E-state index contributed by atoms with van der Waals surface area (Å²) in [5.41, 5.74) is 1.22. The predicted octanol–water partition coefficient (Wildman–Crippen LogP) is 3.98. The zero-order chi connectivity index (χ0) is 19.3. The summed E-state index contributed by atoms with van der Waals surface area (Å²) in [7, 11) is 0. The van der Waals surface area contributed by atoms with Crippen LogP contribution in [0.5, 0.6) is 0 Å². The first-order valence-corrected chi connectivity index (χ1v) is 9.21. The molecule has 0 saturated carbocycles. The molecule has 28 heavy (non-hydrogen) atoms. The van der Waals surface area contributed by atoms with Gasteiger partial charge in [0.05, 0.1) is 17.6 Å². The summed E-state index contributed by atoms with van der Waals surface area (Å²) in [5.74, 6) is -0.846. The third-order valence-corrected chi connectivity index (χ3v) is 5.30. The first-order chi connectivity index (χ1) is 13.6. The maximum atomic E-state index is 13.3. The molecule has 2 saturated heterocycles. The largest absolute Gasteiger partial charge is 0.467 e. The number of furan rings is 1. The van der Waals surface area contributed by atoms with Crippen LogP contribution in [0, 0.1) is 5.92 Å². The first kappa shape index (κ1) is 17.0. The van der Waals surface area contributed by atoms with Crippen molar-refractivity contribution in [3.05, 3.63) is 83.8 Å². The molecule has 0 unspecified atom stereocenters. The van der Waals surface area contributed by atoms with E-state index in [1.165, 1.54) is 4.90 Å². The van der Waals surface area contributed by atoms with E-state index < -0.39 is 18.1 Å². The van der Waals surface area contributed by atoms with E-state index in [1.807, 2.05) is 6.07 Å². The minimum absolute atomic E-state index is 0.306. The monoisotopic (exact) mass is 394 g/mol. The number of benzene rings is 2. The molecule has 5 rings (SSSR count). The van der Waals surface area contributed by atoms with Gasteiger partial charge in [-0.3, -0.25) is 14.4 Å². The minimum atomic E-state index is -0.918. The first-order valence-electron chi connectivity index (χ1n) is 8.83. The second kappa shape index (κ2) is 6.51. The van der Waals surface area contributed by atoms with Crippen LogP contribution in [-0.2, 0) is 14.4 Å². The highest BCUT2D eigenvalue weighted by Crippen LogP contribution is 2.47. The fourth-order valence-electron chi connectivity index (χ4n) is 3.81. The molecule has 3 aromatic rings. The van der Waals surface area contributed by atoms with Crippen molar-refractivity contribution in [3.63, 3.8) is 0 Å². The van der Waals surface area contributed by atoms with Crippen LogP contribution in [0.15, 0.2) is 77.4 Å². The number of rotatable bonds is 3. The fourth-order valence-corrected chi connectivity index (χ4v) is 3.93. The molecule has 3 atom stereocenters. The maximum Gasteiger partial charge on any atom is 0.266 e. The van der Waals surface area contributed by atoms with Crippen molar-refractivity contribution in [1.29, 1.82) is 0 Å². The Labute approximate surface area is 165 Å². The number of anilines is 2. The molecular formula is C21H15ClN2O4. The number of para-hydroxylation sites is 1. The summed E-state index contributed by atoms with van der Waals surface area (Å²) in [5, 5.41) is 2.16. The van der Waals surface area contributed by atoms with Gasteiger partial charge in [-0.1, -0.05) is 29.8 Å². The van der Waals surface area contributed by atoms with Gasteiger partial charge in [0, 0.05) is 5.02 Å². The topological polar surface area (TPSA) is 63.0 Å². The molecule has 2 aliphatic heterocycles. The van der Waals surface area contributed by atoms with Gasteiger partial charge in [0.1, 0.15) is 17.7 Å². The van der Waals surface area contributed by atoms with E-state index in [1.54, 1.807) is 72.0 Å². The summed E-state index contributed by atoms with van der Waals surface area (Å²) in [6.45, 7) is 0. The van der Waals surface area contributed by atoms with Crippen molar-refractivity contribution in [2.45, 2.75) is 12.1 Å². The Balaban J connectivity index is 1.57. The number of hydroxylamine groups is 1. The summed E-state index contributed by atoms with van der Waals surface area (Å²) >= 11 is 5.99. The van der Waals surface area contributed by atoms with Gasteiger partial charge in [-0.15, -0.1) is 0 Å². The Morgan fingerprint density at radius 3 is 2.25 bits per heavy atom. The van der Waals surface area contributed by atoms with E-state index >= 15 is 0 Å². The lowest BCUT2D eigenvalue weighted by atomic mass is 9.94. The van der Waals surface area contributed by atoms with E-state index in [0.717, 1.165) is 0 Å². The molecule has 1 aromatic heterocycles. The second-order valence-electron chi connectivity index (χ2n) is 6.66. The standard InChI is InChI=1S/C21H15ClN2O4/c22-13-8-10-15(11-9-13)24-18(16-7-4-12-27-16)17-19(28-24)21(26)23(20(17)25)14-5-2-1-3-6-14/h1-12,17-19H/t17-,18+,19-/m1/s1. The molecule has 7 heteroatoms. The van der Waals surface area contributed by atoms with Gasteiger partial charge in [-0.05, 0) is 48.5 Å². The molecule has 0 spiro atoms. The van der Waals surface area contributed by atoms with Crippen LogP contribution in [0.4, 0.5) is 11.4 Å². The van der Waals surface area contributed by atoms with Crippen molar-refractivity contribution >= 4 is 34.8 Å². The SMILES string of the molecule is O=C1[C@H]2[C@@H](ON(c3ccc(Cl)cc3)[C@H]2c2ccco2)C(=O)N1c1ccccc1. The highest BCUT2D eigenvalue weighted by molar-refractivity contribution is 6.30. The molecule has 140 valence electrons. The Morgan fingerprint density at radius 2 is 1.57 bits per heavy atom. The molecule has 0 aliphatic carbocycles. The smallest absolute Gasteiger partial charge is 0.266 e. The highest BCUT2D eigenvalue weighted by atomic mass is 35.5. The van der Waals surface area contributed by atoms with E-state index in [2.05, 4.69) is 0 Å². The zero-order valence-corrected chi connectivity index (χ0v) is 15.3. The predicted molar refractivity (Wildman–Crippen MR) is 103 cm³/mol. The number of hydrogen-bond acceptors (Lipinski definition) is 5. The van der Waals surface area contributed by atoms with Crippen molar-refractivity contribution in [1.82, 2.24) is 0 Å². The molecule has 3 heterocycles. The second-order valence-corrected chi connectivity index (χ2v) is 7.10. The van der Waals surface area contributed by atoms with E-state index in [9.17, 15) is 9.59 Å². The molecule has 6 nitrogen and oxygen atoms in total. The van der Waals surface area contributed by atoms with Crippen LogP contribution in [0.25, 0.3) is 0 Å². The number of imide groups is 1. The number of carbonyl (C=O) groups excluding carboxylic acids is 2. The summed E-state index contributed by atoms with van der Waals surface area (Å²) in [6.07, 6.45) is 0.623. The maximum absolute atomic E-state index is 13.3. The van der Waals surface area contributed by atoms with Crippen LogP contribution in [0.2, 0.25) is 5.02 Å². The van der Waals surface area contributed by atoms with Crippen LogP contribution >= 0.6 is 11.6 Å². The molecule has 0 N–H and O–H groups in total. The molecule has 0 bridgehead atoms. The molecule has 2 aliphatic rings. The van der Waals surface area contributed by atoms with Gasteiger partial charge in [0.25, 0.3) is 5.91 Å². The van der Waals surface area contributed by atoms with Crippen LogP contribution in [-0.4, -0.2) is 17.9 Å². The van der Waals surface area contributed by atoms with E-state index in [4.69, 9.17) is 20.9 Å². The van der Waals surface area contributed by atoms with Gasteiger partial charge in [-0.25, -0.2) is 9.96 Å². The quantitative estimate of drug-likeness (QED) is 0.629. The van der Waals surface area contributed by atoms with E-state index in [-0.39, 0.29) is 11.8 Å². The van der Waals surface area contributed by atoms with Gasteiger partial charge < -0.3 is 4.42 Å². The van der Waals surface area contributed by atoms with Crippen molar-refractivity contribution in [2.75, 3.05) is 9.96 Å². The third-order valence-electron chi connectivity index (χ3n) is 5.05. The average Bonchev–Trinajstić information content (AvgIpc) is 3.41. The number of fused-ring (bicyclic) bond motifs is 1. The highest BCUT2D eigenvalue weighted by Gasteiger charge is 2.61. The Bertz CT molecular complexity index is 1020. The van der Waals surface area contributed by atoms with Crippen LogP contribution < -0.4 is 9.96 Å². The zero-order valence-electron chi connectivity index (χ0n) is 14.6. The number of carbonyl (C=O) groups is 2. The molecule has 2 amide bonds. The summed E-state index contributed by atoms with van der Waals surface area (Å²) in [6, 6.07) is 18.9. The lowest BCUT2D eigenvalue weighted by Gasteiger charge is -2.27. The number of amides is 2. The summed E-state index contributed by atoms with van der Waals surface area (Å²) in [4.78, 5) is 33.5. The molecule has 0 radical (unpaired) electrons. The number of halogens is 1. The Hall–Kier alpha value is -3.09. The molecular weight excluding hydrogens is 380 g/mol. The van der Waals surface area contributed by atoms with Crippen LogP contribution in [0.1, 0.15) is 11.8 Å². The van der Waals surface area contributed by atoms with Gasteiger partial charge in [0.15, 0.2) is 6.10 Å². The van der Waals surface area contributed by atoms with Crippen molar-refractivity contribution in [2.24, 2.45) is 5.92 Å². The minimum Gasteiger partial charge on any atom is -0.467 e. The third kappa shape index (κ3) is 2.53. The average molecular weight is 395 g/mol. The van der Waals surface area contributed by atoms with Gasteiger partial charge in [0.2, 0.25) is 5.91 Å². The fraction of sp³-hybridized carbons (Fsp3) is 0.143. The molecule has 2 fully saturated rings. The normalized spacial score (nSPS) is 24.1.